The van der Waals surface area contributed by atoms with Gasteiger partial charge < -0.3 is 20.9 Å². The number of nitrogens with zero attached hydrogens (tertiary/aromatic N) is 1. The second-order valence-electron chi connectivity index (χ2n) is 8.08. The predicted octanol–water partition coefficient (Wildman–Crippen LogP) is 3.87. The van der Waals surface area contributed by atoms with E-state index in [1.54, 1.807) is 18.2 Å². The van der Waals surface area contributed by atoms with E-state index in [1.807, 2.05) is 36.4 Å². The summed E-state index contributed by atoms with van der Waals surface area (Å²) in [5.41, 5.74) is 2.18. The molecule has 3 N–H and O–H groups in total. The van der Waals surface area contributed by atoms with E-state index in [4.69, 9.17) is 11.6 Å². The lowest BCUT2D eigenvalue weighted by Gasteiger charge is -2.31. The smallest absolute Gasteiger partial charge is 0.254 e. The summed E-state index contributed by atoms with van der Waals surface area (Å²) in [5, 5.41) is 9.46. The molecule has 4 rings (SSSR count). The Bertz CT molecular complexity index is 1150. The molecule has 34 heavy (non-hydrogen) atoms. The van der Waals surface area contributed by atoms with E-state index in [2.05, 4.69) is 20.9 Å². The molecule has 0 aromatic heterocycles. The molecule has 1 heterocycles. The average Bonchev–Trinajstić information content (AvgIpc) is 2.85. The van der Waals surface area contributed by atoms with Gasteiger partial charge in [0.05, 0.1) is 16.9 Å². The Balaban J connectivity index is 1.59. The number of halogens is 2. The summed E-state index contributed by atoms with van der Waals surface area (Å²) in [6.07, 6.45) is 0.246. The van der Waals surface area contributed by atoms with Crippen LogP contribution in [0.3, 0.4) is 0 Å². The van der Waals surface area contributed by atoms with E-state index >= 15 is 0 Å². The van der Waals surface area contributed by atoms with Crippen LogP contribution in [0.4, 0.5) is 15.8 Å². The molecule has 2 amide bonds. The van der Waals surface area contributed by atoms with Gasteiger partial charge in [0.25, 0.3) is 5.91 Å². The molecule has 0 unspecified atom stereocenters. The van der Waals surface area contributed by atoms with Crippen LogP contribution in [0.2, 0.25) is 5.02 Å². The molecule has 1 aliphatic rings. The highest BCUT2D eigenvalue weighted by atomic mass is 35.5. The number of hydrogen-bond acceptors (Lipinski definition) is 4. The van der Waals surface area contributed by atoms with Gasteiger partial charge in [-0.25, -0.2) is 4.39 Å². The summed E-state index contributed by atoms with van der Waals surface area (Å²) in [6, 6.07) is 19.5. The van der Waals surface area contributed by atoms with Crippen LogP contribution < -0.4 is 20.9 Å². The number of amides is 2. The number of piperazine rings is 1. The number of carbonyl (C=O) groups excluding carboxylic acids is 2. The van der Waals surface area contributed by atoms with Gasteiger partial charge in [0.15, 0.2) is 0 Å². The lowest BCUT2D eigenvalue weighted by molar-refractivity contribution is -0.118. The summed E-state index contributed by atoms with van der Waals surface area (Å²) in [7, 11) is 0. The third kappa shape index (κ3) is 5.92. The highest BCUT2D eigenvalue weighted by Crippen LogP contribution is 2.30. The highest BCUT2D eigenvalue weighted by molar-refractivity contribution is 6.31. The van der Waals surface area contributed by atoms with Crippen LogP contribution in [-0.2, 0) is 11.2 Å². The Labute approximate surface area is 203 Å². The first-order chi connectivity index (χ1) is 16.5. The van der Waals surface area contributed by atoms with Crippen LogP contribution in [-0.4, -0.2) is 44.0 Å². The van der Waals surface area contributed by atoms with Crippen molar-refractivity contribution in [3.05, 3.63) is 94.8 Å². The largest absolute Gasteiger partial charge is 0.367 e. The average molecular weight is 481 g/mol. The molecule has 0 aliphatic carbocycles. The molecule has 176 valence electrons. The van der Waals surface area contributed by atoms with Crippen LogP contribution in [0.15, 0.2) is 72.8 Å². The molecule has 3 aromatic rings. The first-order valence-electron chi connectivity index (χ1n) is 11.2. The van der Waals surface area contributed by atoms with Gasteiger partial charge in [-0.1, -0.05) is 54.1 Å². The summed E-state index contributed by atoms with van der Waals surface area (Å²) < 4.78 is 14.2. The van der Waals surface area contributed by atoms with E-state index in [9.17, 15) is 14.0 Å². The lowest BCUT2D eigenvalue weighted by Crippen LogP contribution is -2.46. The summed E-state index contributed by atoms with van der Waals surface area (Å²) >= 11 is 6.24. The van der Waals surface area contributed by atoms with Gasteiger partial charge >= 0.3 is 0 Å². The molecule has 0 radical (unpaired) electrons. The van der Waals surface area contributed by atoms with Crippen LogP contribution in [0, 0.1) is 5.82 Å². The van der Waals surface area contributed by atoms with Crippen molar-refractivity contribution in [2.75, 3.05) is 36.4 Å². The van der Waals surface area contributed by atoms with Crippen LogP contribution in [0.5, 0.6) is 0 Å². The standard InChI is InChI=1S/C26H26ClFN4O2/c27-19-10-11-24(32-14-12-29-13-15-32)22(17-19)30-26(34)23(16-18-6-2-1-3-7-18)31-25(33)20-8-4-5-9-21(20)28/h1-11,17,23,29H,12-16H2,(H,30,34)(H,31,33)/t23-/m1/s1. The monoisotopic (exact) mass is 480 g/mol. The van der Waals surface area contributed by atoms with E-state index in [-0.39, 0.29) is 12.0 Å². The molecule has 0 saturated carbocycles. The maximum Gasteiger partial charge on any atom is 0.254 e. The number of nitrogens with one attached hydrogen (secondary N) is 3. The third-order valence-corrected chi connectivity index (χ3v) is 5.93. The molecule has 1 atom stereocenters. The van der Waals surface area contributed by atoms with Gasteiger partial charge in [0, 0.05) is 37.6 Å². The minimum Gasteiger partial charge on any atom is -0.367 e. The van der Waals surface area contributed by atoms with Crippen molar-refractivity contribution < 1.29 is 14.0 Å². The van der Waals surface area contributed by atoms with Gasteiger partial charge in [0.2, 0.25) is 5.91 Å². The molecule has 1 aliphatic heterocycles. The van der Waals surface area contributed by atoms with Gasteiger partial charge in [-0.3, -0.25) is 9.59 Å². The molecule has 0 bridgehead atoms. The molecule has 0 spiro atoms. The van der Waals surface area contributed by atoms with Gasteiger partial charge in [-0.05, 0) is 35.9 Å². The second kappa shape index (κ2) is 11.1. The Kier molecular flexibility index (Phi) is 7.77. The molecular formula is C26H26ClFN4O2. The lowest BCUT2D eigenvalue weighted by atomic mass is 10.0. The highest BCUT2D eigenvalue weighted by Gasteiger charge is 2.25. The fourth-order valence-corrected chi connectivity index (χ4v) is 4.12. The molecule has 1 saturated heterocycles. The van der Waals surface area contributed by atoms with Gasteiger partial charge in [0.1, 0.15) is 11.9 Å². The normalized spacial score (nSPS) is 14.4. The Morgan fingerprint density at radius 2 is 1.71 bits per heavy atom. The Morgan fingerprint density at radius 3 is 2.44 bits per heavy atom. The molecule has 1 fully saturated rings. The molecule has 6 nitrogen and oxygen atoms in total. The van der Waals surface area contributed by atoms with E-state index < -0.39 is 23.7 Å². The van der Waals surface area contributed by atoms with Crippen LogP contribution in [0.1, 0.15) is 15.9 Å². The van der Waals surface area contributed by atoms with Gasteiger partial charge in [-0.15, -0.1) is 0 Å². The summed E-state index contributed by atoms with van der Waals surface area (Å²) in [5.74, 6) is -1.70. The first kappa shape index (κ1) is 23.7. The number of hydrogen-bond donors (Lipinski definition) is 3. The summed E-state index contributed by atoms with van der Waals surface area (Å²) in [4.78, 5) is 28.4. The minimum absolute atomic E-state index is 0.113. The Morgan fingerprint density at radius 1 is 1.00 bits per heavy atom. The third-order valence-electron chi connectivity index (χ3n) is 5.70. The number of anilines is 2. The van der Waals surface area contributed by atoms with E-state index in [0.717, 1.165) is 37.4 Å². The zero-order valence-corrected chi connectivity index (χ0v) is 19.3. The predicted molar refractivity (Wildman–Crippen MR) is 133 cm³/mol. The fraction of sp³-hybridized carbons (Fsp3) is 0.231. The van der Waals surface area contributed by atoms with Crippen LogP contribution >= 0.6 is 11.6 Å². The molecule has 3 aromatic carbocycles. The second-order valence-corrected chi connectivity index (χ2v) is 8.52. The topological polar surface area (TPSA) is 73.5 Å². The number of benzene rings is 3. The fourth-order valence-electron chi connectivity index (χ4n) is 3.95. The minimum atomic E-state index is -0.927. The summed E-state index contributed by atoms with van der Waals surface area (Å²) in [6.45, 7) is 3.26. The van der Waals surface area contributed by atoms with Gasteiger partial charge in [-0.2, -0.15) is 0 Å². The maximum atomic E-state index is 14.2. The van der Waals surface area contributed by atoms with E-state index in [1.165, 1.54) is 18.2 Å². The number of carbonyl (C=O) groups is 2. The van der Waals surface area contributed by atoms with Crippen molar-refractivity contribution in [2.24, 2.45) is 0 Å². The molecule has 8 heteroatoms. The van der Waals surface area contributed by atoms with Crippen molar-refractivity contribution in [1.82, 2.24) is 10.6 Å². The van der Waals surface area contributed by atoms with Crippen molar-refractivity contribution in [1.29, 1.82) is 0 Å². The van der Waals surface area contributed by atoms with Crippen molar-refractivity contribution >= 4 is 34.8 Å². The quantitative estimate of drug-likeness (QED) is 0.480. The maximum absolute atomic E-state index is 14.2. The SMILES string of the molecule is O=C(N[C@H](Cc1ccccc1)C(=O)Nc1cc(Cl)ccc1N1CCNCC1)c1ccccc1F. The molecular weight excluding hydrogens is 455 g/mol. The van der Waals surface area contributed by atoms with Crippen LogP contribution in [0.25, 0.3) is 0 Å². The van der Waals surface area contributed by atoms with E-state index in [0.29, 0.717) is 10.7 Å². The van der Waals surface area contributed by atoms with Crippen molar-refractivity contribution in [3.63, 3.8) is 0 Å². The zero-order chi connectivity index (χ0) is 23.9. The van der Waals surface area contributed by atoms with Crippen molar-refractivity contribution in [3.8, 4) is 0 Å². The zero-order valence-electron chi connectivity index (χ0n) is 18.6. The Hall–Kier alpha value is -3.42. The van der Waals surface area contributed by atoms with Crippen molar-refractivity contribution in [2.45, 2.75) is 12.5 Å². The number of rotatable bonds is 7. The first-order valence-corrected chi connectivity index (χ1v) is 11.5.